The summed E-state index contributed by atoms with van der Waals surface area (Å²) < 4.78 is 28.6. The molecule has 1 saturated heterocycles. The van der Waals surface area contributed by atoms with Gasteiger partial charge in [0.2, 0.25) is 0 Å². The zero-order valence-corrected chi connectivity index (χ0v) is 18.3. The number of rotatable bonds is 5. The first-order valence-electron chi connectivity index (χ1n) is 10.5. The van der Waals surface area contributed by atoms with Gasteiger partial charge in [0.15, 0.2) is 0 Å². The molecule has 0 bridgehead atoms. The van der Waals surface area contributed by atoms with E-state index in [1.807, 2.05) is 16.3 Å². The van der Waals surface area contributed by atoms with Crippen molar-refractivity contribution in [2.24, 2.45) is 0 Å². The van der Waals surface area contributed by atoms with Crippen LogP contribution in [-0.4, -0.2) is 62.1 Å². The largest absolute Gasteiger partial charge is 0.335 e. The Kier molecular flexibility index (Phi) is 5.93. The zero-order chi connectivity index (χ0) is 22.8. The lowest BCUT2D eigenvalue weighted by Crippen LogP contribution is -2.49. The van der Waals surface area contributed by atoms with E-state index in [0.29, 0.717) is 36.7 Å². The maximum absolute atomic E-state index is 13.5. The minimum absolute atomic E-state index is 0.0599. The lowest BCUT2D eigenvalue weighted by atomic mass is 9.96. The standard InChI is InChI=1S/C23H20F2N6OS/c24-18-5-1-16(2-6-18)21(17-3-7-19(25)8-4-17)29-10-12-30(13-11-29)23(32)22-20(9-14-33-22)31-15-26-27-28-31/h1-9,14-15,21H,10-13H2. The molecule has 2 aromatic carbocycles. The van der Waals surface area contributed by atoms with Gasteiger partial charge in [0.25, 0.3) is 5.91 Å². The Morgan fingerprint density at radius 2 is 1.48 bits per heavy atom. The molecule has 168 valence electrons. The molecule has 7 nitrogen and oxygen atoms in total. The van der Waals surface area contributed by atoms with E-state index in [0.717, 1.165) is 11.1 Å². The molecule has 5 rings (SSSR count). The molecule has 1 aliphatic rings. The second-order valence-corrected chi connectivity index (χ2v) is 8.64. The molecule has 0 atom stereocenters. The summed E-state index contributed by atoms with van der Waals surface area (Å²) in [4.78, 5) is 17.9. The van der Waals surface area contributed by atoms with Crippen LogP contribution in [0.25, 0.3) is 5.69 Å². The van der Waals surface area contributed by atoms with Crippen LogP contribution in [0.1, 0.15) is 26.8 Å². The molecule has 2 aromatic heterocycles. The van der Waals surface area contributed by atoms with Gasteiger partial charge in [-0.05, 0) is 57.3 Å². The first-order chi connectivity index (χ1) is 16.1. The minimum Gasteiger partial charge on any atom is -0.335 e. The van der Waals surface area contributed by atoms with E-state index in [2.05, 4.69) is 20.4 Å². The molecule has 0 saturated carbocycles. The molecule has 0 unspecified atom stereocenters. The van der Waals surface area contributed by atoms with Crippen molar-refractivity contribution in [3.05, 3.63) is 93.9 Å². The molecular formula is C23H20F2N6OS. The van der Waals surface area contributed by atoms with E-state index < -0.39 is 0 Å². The van der Waals surface area contributed by atoms with Crippen LogP contribution in [0.2, 0.25) is 0 Å². The van der Waals surface area contributed by atoms with Gasteiger partial charge in [0.05, 0.1) is 11.7 Å². The molecule has 10 heteroatoms. The summed E-state index contributed by atoms with van der Waals surface area (Å²) in [6, 6.07) is 14.4. The Morgan fingerprint density at radius 3 is 2.03 bits per heavy atom. The fourth-order valence-corrected chi connectivity index (χ4v) is 4.99. The number of piperazine rings is 1. The van der Waals surface area contributed by atoms with E-state index in [9.17, 15) is 13.6 Å². The van der Waals surface area contributed by atoms with E-state index >= 15 is 0 Å². The van der Waals surface area contributed by atoms with Gasteiger partial charge in [0.1, 0.15) is 22.8 Å². The van der Waals surface area contributed by atoms with Crippen molar-refractivity contribution in [2.45, 2.75) is 6.04 Å². The predicted molar refractivity (Wildman–Crippen MR) is 119 cm³/mol. The van der Waals surface area contributed by atoms with Gasteiger partial charge in [-0.1, -0.05) is 24.3 Å². The molecule has 1 aliphatic heterocycles. The van der Waals surface area contributed by atoms with Crippen LogP contribution in [0.5, 0.6) is 0 Å². The molecule has 0 spiro atoms. The number of benzene rings is 2. The van der Waals surface area contributed by atoms with Crippen molar-refractivity contribution in [1.29, 1.82) is 0 Å². The number of thiophene rings is 1. The normalized spacial score (nSPS) is 14.7. The Balaban J connectivity index is 1.35. The summed E-state index contributed by atoms with van der Waals surface area (Å²) in [5.74, 6) is -0.669. The van der Waals surface area contributed by atoms with E-state index in [-0.39, 0.29) is 23.6 Å². The van der Waals surface area contributed by atoms with Gasteiger partial charge in [-0.25, -0.2) is 8.78 Å². The molecule has 1 fully saturated rings. The van der Waals surface area contributed by atoms with Crippen LogP contribution < -0.4 is 0 Å². The quantitative estimate of drug-likeness (QED) is 0.450. The van der Waals surface area contributed by atoms with Gasteiger partial charge in [-0.3, -0.25) is 9.69 Å². The summed E-state index contributed by atoms with van der Waals surface area (Å²) in [6.07, 6.45) is 1.47. The first kappa shape index (κ1) is 21.4. The number of tetrazole rings is 1. The van der Waals surface area contributed by atoms with Crippen molar-refractivity contribution in [2.75, 3.05) is 26.2 Å². The van der Waals surface area contributed by atoms with Crippen LogP contribution in [0, 0.1) is 11.6 Å². The fourth-order valence-electron chi connectivity index (χ4n) is 4.15. The van der Waals surface area contributed by atoms with Gasteiger partial charge in [0, 0.05) is 26.2 Å². The highest BCUT2D eigenvalue weighted by atomic mass is 32.1. The number of amides is 1. The van der Waals surface area contributed by atoms with Crippen LogP contribution >= 0.6 is 11.3 Å². The van der Waals surface area contributed by atoms with Crippen LogP contribution in [0.15, 0.2) is 66.3 Å². The summed E-state index contributed by atoms with van der Waals surface area (Å²) >= 11 is 1.36. The van der Waals surface area contributed by atoms with Crippen molar-refractivity contribution >= 4 is 17.2 Å². The number of aromatic nitrogens is 4. The van der Waals surface area contributed by atoms with E-state index in [1.54, 1.807) is 24.3 Å². The number of carbonyl (C=O) groups is 1. The smallest absolute Gasteiger partial charge is 0.266 e. The average molecular weight is 467 g/mol. The summed E-state index contributed by atoms with van der Waals surface area (Å²) in [6.45, 7) is 2.31. The third-order valence-corrected chi connectivity index (χ3v) is 6.66. The topological polar surface area (TPSA) is 67.2 Å². The highest BCUT2D eigenvalue weighted by Crippen LogP contribution is 2.31. The molecule has 33 heavy (non-hydrogen) atoms. The van der Waals surface area contributed by atoms with Gasteiger partial charge in [-0.2, -0.15) is 4.68 Å². The molecule has 3 heterocycles. The zero-order valence-electron chi connectivity index (χ0n) is 17.5. The number of hydrogen-bond acceptors (Lipinski definition) is 6. The van der Waals surface area contributed by atoms with Crippen LogP contribution in [0.4, 0.5) is 8.78 Å². The fraction of sp³-hybridized carbons (Fsp3) is 0.217. The van der Waals surface area contributed by atoms with Crippen molar-refractivity contribution in [1.82, 2.24) is 30.0 Å². The number of halogens is 2. The lowest BCUT2D eigenvalue weighted by molar-refractivity contribution is 0.0601. The Hall–Kier alpha value is -3.50. The second kappa shape index (κ2) is 9.16. The molecule has 1 amide bonds. The SMILES string of the molecule is O=C(c1sccc1-n1cnnn1)N1CCN(C(c2ccc(F)cc2)c2ccc(F)cc2)CC1. The molecule has 0 radical (unpaired) electrons. The summed E-state index contributed by atoms with van der Waals surface area (Å²) in [5.41, 5.74) is 2.50. The average Bonchev–Trinajstić information content (AvgIpc) is 3.54. The Bertz CT molecular complexity index is 1170. The third kappa shape index (κ3) is 4.39. The predicted octanol–water partition coefficient (Wildman–Crippen LogP) is 3.55. The minimum atomic E-state index is -0.304. The van der Waals surface area contributed by atoms with Crippen molar-refractivity contribution in [3.8, 4) is 5.69 Å². The highest BCUT2D eigenvalue weighted by Gasteiger charge is 2.30. The van der Waals surface area contributed by atoms with Gasteiger partial charge < -0.3 is 4.90 Å². The maximum atomic E-state index is 13.5. The van der Waals surface area contributed by atoms with Crippen LogP contribution in [-0.2, 0) is 0 Å². The van der Waals surface area contributed by atoms with E-state index in [1.165, 1.54) is 46.6 Å². The Morgan fingerprint density at radius 1 is 0.879 bits per heavy atom. The number of hydrogen-bond donors (Lipinski definition) is 0. The first-order valence-corrected chi connectivity index (χ1v) is 11.3. The molecule has 0 aliphatic carbocycles. The Labute approximate surface area is 192 Å². The number of nitrogens with zero attached hydrogens (tertiary/aromatic N) is 6. The third-order valence-electron chi connectivity index (χ3n) is 5.77. The van der Waals surface area contributed by atoms with E-state index in [4.69, 9.17) is 0 Å². The second-order valence-electron chi connectivity index (χ2n) is 7.72. The maximum Gasteiger partial charge on any atom is 0.266 e. The monoisotopic (exact) mass is 466 g/mol. The number of carbonyl (C=O) groups excluding carboxylic acids is 1. The van der Waals surface area contributed by atoms with Crippen molar-refractivity contribution < 1.29 is 13.6 Å². The highest BCUT2D eigenvalue weighted by molar-refractivity contribution is 7.12. The summed E-state index contributed by atoms with van der Waals surface area (Å²) in [7, 11) is 0. The van der Waals surface area contributed by atoms with Gasteiger partial charge >= 0.3 is 0 Å². The van der Waals surface area contributed by atoms with Crippen molar-refractivity contribution in [3.63, 3.8) is 0 Å². The molecule has 0 N–H and O–H groups in total. The molecule has 4 aromatic rings. The summed E-state index contributed by atoms with van der Waals surface area (Å²) in [5, 5.41) is 13.0. The molecular weight excluding hydrogens is 446 g/mol. The lowest BCUT2D eigenvalue weighted by Gasteiger charge is -2.39. The van der Waals surface area contributed by atoms with Gasteiger partial charge in [-0.15, -0.1) is 16.4 Å². The van der Waals surface area contributed by atoms with Crippen LogP contribution in [0.3, 0.4) is 0 Å².